The van der Waals surface area contributed by atoms with E-state index in [4.69, 9.17) is 16.3 Å². The van der Waals surface area contributed by atoms with Crippen molar-refractivity contribution in [3.63, 3.8) is 0 Å². The number of aromatic nitrogens is 2. The highest BCUT2D eigenvalue weighted by atomic mass is 35.5. The average molecular weight is 534 g/mol. The van der Waals surface area contributed by atoms with E-state index < -0.39 is 23.8 Å². The molecule has 1 aromatic carbocycles. The molecule has 1 aliphatic rings. The van der Waals surface area contributed by atoms with Crippen LogP contribution in [0.4, 0.5) is 23.7 Å². The van der Waals surface area contributed by atoms with E-state index in [-0.39, 0.29) is 30.6 Å². The Morgan fingerprint density at radius 2 is 1.81 bits per heavy atom. The number of hydrogen-bond acceptors (Lipinski definition) is 5. The maximum atomic E-state index is 13.1. The normalized spacial score (nSPS) is 17.7. The lowest BCUT2D eigenvalue weighted by Crippen LogP contribution is -2.52. The molecule has 0 spiro atoms. The van der Waals surface area contributed by atoms with Crippen molar-refractivity contribution in [3.05, 3.63) is 82.9 Å². The Hall–Kier alpha value is -3.86. The van der Waals surface area contributed by atoms with Gasteiger partial charge in [-0.3, -0.25) is 14.8 Å². The summed E-state index contributed by atoms with van der Waals surface area (Å²) in [5.74, 6) is -0.293. The van der Waals surface area contributed by atoms with Gasteiger partial charge in [0.05, 0.1) is 18.9 Å². The molecule has 1 aliphatic heterocycles. The van der Waals surface area contributed by atoms with Crippen molar-refractivity contribution < 1.29 is 27.5 Å². The van der Waals surface area contributed by atoms with Gasteiger partial charge in [0, 0.05) is 47.7 Å². The molecular formula is C25H23ClF3N5O3. The number of urea groups is 1. The van der Waals surface area contributed by atoms with Crippen LogP contribution in [0, 0.1) is 0 Å². The van der Waals surface area contributed by atoms with Crippen molar-refractivity contribution in [3.8, 4) is 5.75 Å². The maximum Gasteiger partial charge on any atom is 0.433 e. The molecule has 2 N–H and O–H groups in total. The molecule has 12 heteroatoms. The van der Waals surface area contributed by atoms with Crippen LogP contribution in [0.3, 0.4) is 0 Å². The third-order valence-electron chi connectivity index (χ3n) is 5.99. The van der Waals surface area contributed by atoms with Gasteiger partial charge in [0.25, 0.3) is 5.91 Å². The first-order chi connectivity index (χ1) is 17.6. The SMILES string of the molecule is COc1ccc(C2CN(C(=O)c3ccc(C(F)(F)F)nc3)CCC2NC(=O)Nc2ccc(Cl)cc2)nc1. The van der Waals surface area contributed by atoms with Gasteiger partial charge in [0.2, 0.25) is 0 Å². The fourth-order valence-corrected chi connectivity index (χ4v) is 4.21. The lowest BCUT2D eigenvalue weighted by atomic mass is 9.88. The second-order valence-electron chi connectivity index (χ2n) is 8.41. The summed E-state index contributed by atoms with van der Waals surface area (Å²) in [6, 6.07) is 11.2. The maximum absolute atomic E-state index is 13.1. The third kappa shape index (κ3) is 6.48. The predicted octanol–water partition coefficient (Wildman–Crippen LogP) is 4.98. The van der Waals surface area contributed by atoms with E-state index in [0.717, 1.165) is 18.3 Å². The van der Waals surface area contributed by atoms with Gasteiger partial charge >= 0.3 is 12.2 Å². The molecule has 2 atom stereocenters. The highest BCUT2D eigenvalue weighted by Gasteiger charge is 2.36. The zero-order valence-electron chi connectivity index (χ0n) is 19.6. The fraction of sp³-hybridized carbons (Fsp3) is 0.280. The summed E-state index contributed by atoms with van der Waals surface area (Å²) in [6.45, 7) is 0.462. The van der Waals surface area contributed by atoms with Crippen LogP contribution in [0.2, 0.25) is 5.02 Å². The number of piperidine rings is 1. The minimum atomic E-state index is -4.59. The van der Waals surface area contributed by atoms with Gasteiger partial charge in [-0.2, -0.15) is 13.2 Å². The monoisotopic (exact) mass is 533 g/mol. The van der Waals surface area contributed by atoms with Crippen LogP contribution in [0.5, 0.6) is 5.75 Å². The van der Waals surface area contributed by atoms with Crippen LogP contribution < -0.4 is 15.4 Å². The molecule has 0 bridgehead atoms. The van der Waals surface area contributed by atoms with Crippen molar-refractivity contribution in [2.45, 2.75) is 24.6 Å². The van der Waals surface area contributed by atoms with Crippen LogP contribution in [-0.2, 0) is 6.18 Å². The minimum Gasteiger partial charge on any atom is -0.495 e. The van der Waals surface area contributed by atoms with E-state index >= 15 is 0 Å². The van der Waals surface area contributed by atoms with Crippen LogP contribution in [0.1, 0.15) is 34.1 Å². The van der Waals surface area contributed by atoms with E-state index in [9.17, 15) is 22.8 Å². The lowest BCUT2D eigenvalue weighted by Gasteiger charge is -2.38. The number of likely N-dealkylation sites (tertiary alicyclic amines) is 1. The van der Waals surface area contributed by atoms with E-state index in [1.165, 1.54) is 12.0 Å². The van der Waals surface area contributed by atoms with Gasteiger partial charge in [0.15, 0.2) is 0 Å². The highest BCUT2D eigenvalue weighted by molar-refractivity contribution is 6.30. The summed E-state index contributed by atoms with van der Waals surface area (Å²) in [5.41, 5.74) is 0.157. The number of anilines is 1. The van der Waals surface area contributed by atoms with E-state index in [1.54, 1.807) is 42.6 Å². The molecule has 8 nitrogen and oxygen atoms in total. The number of pyridine rings is 2. The van der Waals surface area contributed by atoms with E-state index in [2.05, 4.69) is 20.6 Å². The van der Waals surface area contributed by atoms with Crippen LogP contribution >= 0.6 is 11.6 Å². The molecule has 2 unspecified atom stereocenters. The number of ether oxygens (including phenoxy) is 1. The number of halogens is 4. The first kappa shape index (κ1) is 26.2. The van der Waals surface area contributed by atoms with Crippen molar-refractivity contribution in [2.75, 3.05) is 25.5 Å². The predicted molar refractivity (Wildman–Crippen MR) is 131 cm³/mol. The summed E-state index contributed by atoms with van der Waals surface area (Å²) in [6.07, 6.45) is -1.73. The number of rotatable bonds is 5. The second-order valence-corrected chi connectivity index (χ2v) is 8.85. The highest BCUT2D eigenvalue weighted by Crippen LogP contribution is 2.30. The number of nitrogens with zero attached hydrogens (tertiary/aromatic N) is 3. The molecule has 1 fully saturated rings. The van der Waals surface area contributed by atoms with Gasteiger partial charge in [-0.05, 0) is 55.0 Å². The molecule has 3 amide bonds. The number of carbonyl (C=O) groups is 2. The molecule has 194 valence electrons. The molecule has 0 aliphatic carbocycles. The van der Waals surface area contributed by atoms with Gasteiger partial charge in [-0.25, -0.2) is 4.79 Å². The smallest absolute Gasteiger partial charge is 0.433 e. The standard InChI is InChI=1S/C25H23ClF3N5O3/c1-37-18-7-8-20(30-13-18)19-14-34(23(35)15-2-9-22(31-12-15)25(27,28)29)11-10-21(19)33-24(36)32-17-5-3-16(26)4-6-17/h2-9,12-13,19,21H,10-11,14H2,1H3,(H2,32,33,36). The first-order valence-corrected chi connectivity index (χ1v) is 11.7. The Bertz CT molecular complexity index is 1240. The first-order valence-electron chi connectivity index (χ1n) is 11.3. The summed E-state index contributed by atoms with van der Waals surface area (Å²) in [4.78, 5) is 35.2. The zero-order chi connectivity index (χ0) is 26.6. The molecule has 37 heavy (non-hydrogen) atoms. The topological polar surface area (TPSA) is 96.5 Å². The van der Waals surface area contributed by atoms with E-state index in [0.29, 0.717) is 28.6 Å². The van der Waals surface area contributed by atoms with Crippen molar-refractivity contribution in [1.82, 2.24) is 20.2 Å². The molecule has 3 aromatic rings. The summed E-state index contributed by atoms with van der Waals surface area (Å²) in [7, 11) is 1.52. The Kier molecular flexibility index (Phi) is 7.82. The number of hydrogen-bond donors (Lipinski definition) is 2. The quantitative estimate of drug-likeness (QED) is 0.482. The molecular weight excluding hydrogens is 511 g/mol. The molecule has 0 saturated carbocycles. The van der Waals surface area contributed by atoms with Gasteiger partial charge < -0.3 is 20.3 Å². The fourth-order valence-electron chi connectivity index (χ4n) is 4.08. The molecule has 4 rings (SSSR count). The van der Waals surface area contributed by atoms with Crippen LogP contribution in [-0.4, -0.2) is 53.0 Å². The summed E-state index contributed by atoms with van der Waals surface area (Å²) in [5, 5.41) is 6.25. The Morgan fingerprint density at radius 3 is 2.41 bits per heavy atom. The molecule has 2 aromatic heterocycles. The lowest BCUT2D eigenvalue weighted by molar-refractivity contribution is -0.141. The Labute approximate surface area is 215 Å². The number of benzene rings is 1. The molecule has 3 heterocycles. The van der Waals surface area contributed by atoms with Gasteiger partial charge in [-0.15, -0.1) is 0 Å². The minimum absolute atomic E-state index is 0.0429. The molecule has 1 saturated heterocycles. The van der Waals surface area contributed by atoms with E-state index in [1.807, 2.05) is 0 Å². The Balaban J connectivity index is 1.51. The third-order valence-corrected chi connectivity index (χ3v) is 6.25. The average Bonchev–Trinajstić information content (AvgIpc) is 2.89. The largest absolute Gasteiger partial charge is 0.495 e. The van der Waals surface area contributed by atoms with Gasteiger partial charge in [-0.1, -0.05) is 11.6 Å². The van der Waals surface area contributed by atoms with Gasteiger partial charge in [0.1, 0.15) is 11.4 Å². The summed E-state index contributed by atoms with van der Waals surface area (Å²) >= 11 is 5.89. The number of alkyl halides is 3. The number of nitrogens with one attached hydrogen (secondary N) is 2. The Morgan fingerprint density at radius 1 is 1.05 bits per heavy atom. The van der Waals surface area contributed by atoms with Crippen LogP contribution in [0.25, 0.3) is 0 Å². The second kappa shape index (κ2) is 11.0. The number of amides is 3. The zero-order valence-corrected chi connectivity index (χ0v) is 20.4. The summed E-state index contributed by atoms with van der Waals surface area (Å²) < 4.78 is 43.7. The van der Waals surface area contributed by atoms with Crippen molar-refractivity contribution in [2.24, 2.45) is 0 Å². The number of methoxy groups -OCH3 is 1. The molecule has 0 radical (unpaired) electrons. The van der Waals surface area contributed by atoms with Crippen LogP contribution in [0.15, 0.2) is 60.9 Å². The van der Waals surface area contributed by atoms with Crippen molar-refractivity contribution >= 4 is 29.2 Å². The number of carbonyl (C=O) groups excluding carboxylic acids is 2. The van der Waals surface area contributed by atoms with Crippen molar-refractivity contribution in [1.29, 1.82) is 0 Å².